The molecule has 1 aromatic carbocycles. The fraction of sp³-hybridized carbons (Fsp3) is 0.794. The first-order valence-corrected chi connectivity index (χ1v) is 16.2. The highest BCUT2D eigenvalue weighted by Crippen LogP contribution is 2.39. The van der Waals surface area contributed by atoms with Crippen molar-refractivity contribution in [3.63, 3.8) is 0 Å². The van der Waals surface area contributed by atoms with E-state index in [1.165, 1.54) is 77.0 Å². The summed E-state index contributed by atoms with van der Waals surface area (Å²) in [7, 11) is 0. The van der Waals surface area contributed by atoms with Crippen LogP contribution in [-0.4, -0.2) is 19.0 Å². The van der Waals surface area contributed by atoms with E-state index in [0.29, 0.717) is 6.61 Å². The molecule has 1 aliphatic heterocycles. The molecule has 0 amide bonds. The largest absolute Gasteiger partial charge is 0.491 e. The lowest BCUT2D eigenvalue weighted by Gasteiger charge is -2.31. The maximum Gasteiger partial charge on any atom is 0.204 e. The maximum absolute atomic E-state index is 14.4. The highest BCUT2D eigenvalue weighted by molar-refractivity contribution is 5.49. The van der Waals surface area contributed by atoms with Gasteiger partial charge in [-0.2, -0.15) is 8.78 Å². The number of halogens is 2. The lowest BCUT2D eigenvalue weighted by atomic mass is 9.78. The van der Waals surface area contributed by atoms with Gasteiger partial charge in [0.05, 0.1) is 12.7 Å². The Bertz CT molecular complexity index is 841. The smallest absolute Gasteiger partial charge is 0.204 e. The normalized spacial score (nSPS) is 26.5. The molecule has 5 heteroatoms. The summed E-state index contributed by atoms with van der Waals surface area (Å²) in [6.07, 6.45) is 23.0. The van der Waals surface area contributed by atoms with E-state index in [0.717, 1.165) is 74.0 Å². The van der Waals surface area contributed by atoms with Gasteiger partial charge in [-0.15, -0.1) is 0 Å². The molecule has 4 rings (SSSR count). The first-order valence-electron chi connectivity index (χ1n) is 16.2. The van der Waals surface area contributed by atoms with Crippen LogP contribution < -0.4 is 9.47 Å². The zero-order chi connectivity index (χ0) is 28.0. The molecule has 1 heterocycles. The third kappa shape index (κ3) is 10.0. The molecule has 1 unspecified atom stereocenters. The molecule has 0 radical (unpaired) electrons. The number of hydrogen-bond donors (Lipinski definition) is 0. The number of benzene rings is 1. The van der Waals surface area contributed by atoms with Crippen molar-refractivity contribution in [2.24, 2.45) is 23.7 Å². The predicted molar refractivity (Wildman–Crippen MR) is 156 cm³/mol. The van der Waals surface area contributed by atoms with E-state index in [1.807, 2.05) is 0 Å². The van der Waals surface area contributed by atoms with Crippen molar-refractivity contribution < 1.29 is 23.0 Å². The van der Waals surface area contributed by atoms with Crippen LogP contribution >= 0.6 is 0 Å². The Labute approximate surface area is 236 Å². The average Bonchev–Trinajstić information content (AvgIpc) is 2.96. The summed E-state index contributed by atoms with van der Waals surface area (Å²) in [5, 5.41) is 0. The van der Waals surface area contributed by atoms with E-state index >= 15 is 0 Å². The maximum atomic E-state index is 14.4. The lowest BCUT2D eigenvalue weighted by molar-refractivity contribution is -0.108. The number of carbonyl (C=O) groups excluding carboxylic acids is 1. The molecule has 1 aromatic rings. The van der Waals surface area contributed by atoms with Crippen LogP contribution in [0.1, 0.15) is 135 Å². The van der Waals surface area contributed by atoms with Crippen LogP contribution in [0.15, 0.2) is 6.07 Å². The Kier molecular flexibility index (Phi) is 14.1. The van der Waals surface area contributed by atoms with Crippen molar-refractivity contribution in [1.29, 1.82) is 0 Å². The monoisotopic (exact) mass is 548 g/mol. The van der Waals surface area contributed by atoms with Gasteiger partial charge in [0.2, 0.25) is 11.6 Å². The first-order chi connectivity index (χ1) is 19.0. The molecule has 222 valence electrons. The van der Waals surface area contributed by atoms with Crippen LogP contribution in [0.2, 0.25) is 0 Å². The van der Waals surface area contributed by atoms with Crippen LogP contribution in [0, 0.1) is 35.3 Å². The Hall–Kier alpha value is -1.65. The third-order valence-electron chi connectivity index (χ3n) is 9.44. The first kappa shape index (κ1) is 31.9. The predicted octanol–water partition coefficient (Wildman–Crippen LogP) is 10.0. The SMILES string of the molecule is CCCC1CCC(CCC2CCc3cc(OCC)c(F)c(F)c3O2)CC1.CCCC1CCC(CCC=O)CC1. The number of fused-ring (bicyclic) bond motifs is 1. The van der Waals surface area contributed by atoms with Crippen LogP contribution in [0.25, 0.3) is 0 Å². The van der Waals surface area contributed by atoms with E-state index in [-0.39, 0.29) is 17.6 Å². The minimum atomic E-state index is -0.930. The average molecular weight is 549 g/mol. The summed E-state index contributed by atoms with van der Waals surface area (Å²) in [6, 6.07) is 1.60. The summed E-state index contributed by atoms with van der Waals surface area (Å²) >= 11 is 0. The Morgan fingerprint density at radius 2 is 1.31 bits per heavy atom. The minimum Gasteiger partial charge on any atom is -0.491 e. The van der Waals surface area contributed by atoms with Gasteiger partial charge in [0.25, 0.3) is 0 Å². The van der Waals surface area contributed by atoms with Crippen molar-refractivity contribution in [3.8, 4) is 11.5 Å². The number of ether oxygens (including phenoxy) is 2. The molecule has 0 spiro atoms. The minimum absolute atomic E-state index is 0.00251. The Morgan fingerprint density at radius 3 is 1.82 bits per heavy atom. The molecule has 0 aromatic heterocycles. The standard InChI is InChI=1S/C22H32F2O2.C12H22O/c1-3-5-15-6-8-16(9-7-15)10-12-18-13-11-17-14-19(25-4-2)20(23)21(24)22(17)26-18;1-2-4-11-6-8-12(9-7-11)5-3-10-13/h14-16,18H,3-13H2,1-2H3;10-12H,2-9H2,1H3. The van der Waals surface area contributed by atoms with Gasteiger partial charge >= 0.3 is 0 Å². The van der Waals surface area contributed by atoms with Crippen LogP contribution in [-0.2, 0) is 11.2 Å². The topological polar surface area (TPSA) is 35.5 Å². The summed E-state index contributed by atoms with van der Waals surface area (Å²) in [4.78, 5) is 10.2. The Morgan fingerprint density at radius 1 is 0.769 bits per heavy atom. The van der Waals surface area contributed by atoms with Crippen LogP contribution in [0.3, 0.4) is 0 Å². The van der Waals surface area contributed by atoms with Gasteiger partial charge in [0, 0.05) is 12.0 Å². The molecular formula is C34H54F2O3. The number of carbonyl (C=O) groups is 1. The van der Waals surface area contributed by atoms with Crippen molar-refractivity contribution in [2.45, 2.75) is 142 Å². The van der Waals surface area contributed by atoms with Gasteiger partial charge in [-0.3, -0.25) is 0 Å². The molecule has 0 N–H and O–H groups in total. The number of aryl methyl sites for hydroxylation is 1. The second kappa shape index (κ2) is 17.2. The number of aldehydes is 1. The van der Waals surface area contributed by atoms with Crippen molar-refractivity contribution in [3.05, 3.63) is 23.3 Å². The summed E-state index contributed by atoms with van der Waals surface area (Å²) in [6.45, 7) is 6.63. The summed E-state index contributed by atoms with van der Waals surface area (Å²) in [5.41, 5.74) is 0.726. The summed E-state index contributed by atoms with van der Waals surface area (Å²) < 4.78 is 39.5. The number of rotatable bonds is 12. The van der Waals surface area contributed by atoms with Crippen LogP contribution in [0.5, 0.6) is 11.5 Å². The molecule has 3 nitrogen and oxygen atoms in total. The van der Waals surface area contributed by atoms with Crippen molar-refractivity contribution in [2.75, 3.05) is 6.61 Å². The molecule has 2 saturated carbocycles. The van der Waals surface area contributed by atoms with E-state index in [2.05, 4.69) is 13.8 Å². The Balaban J connectivity index is 0.000000272. The molecule has 3 aliphatic rings. The molecule has 0 bridgehead atoms. The third-order valence-corrected chi connectivity index (χ3v) is 9.44. The van der Waals surface area contributed by atoms with Gasteiger partial charge in [-0.1, -0.05) is 90.9 Å². The number of hydrogen-bond acceptors (Lipinski definition) is 3. The molecular weight excluding hydrogens is 494 g/mol. The quantitative estimate of drug-likeness (QED) is 0.244. The zero-order valence-electron chi connectivity index (χ0n) is 25.0. The van der Waals surface area contributed by atoms with Gasteiger partial charge in [-0.05, 0) is 68.8 Å². The van der Waals surface area contributed by atoms with E-state index in [4.69, 9.17) is 9.47 Å². The highest BCUT2D eigenvalue weighted by atomic mass is 19.2. The lowest BCUT2D eigenvalue weighted by Crippen LogP contribution is -2.25. The van der Waals surface area contributed by atoms with Crippen LogP contribution in [0.4, 0.5) is 8.78 Å². The second-order valence-electron chi connectivity index (χ2n) is 12.4. The van der Waals surface area contributed by atoms with Gasteiger partial charge in [0.1, 0.15) is 6.29 Å². The molecule has 2 aliphatic carbocycles. The van der Waals surface area contributed by atoms with Crippen molar-refractivity contribution in [1.82, 2.24) is 0 Å². The van der Waals surface area contributed by atoms with E-state index in [1.54, 1.807) is 13.0 Å². The van der Waals surface area contributed by atoms with Crippen molar-refractivity contribution >= 4 is 6.29 Å². The molecule has 1 atom stereocenters. The van der Waals surface area contributed by atoms with Gasteiger partial charge in [-0.25, -0.2) is 0 Å². The highest BCUT2D eigenvalue weighted by Gasteiger charge is 2.29. The second-order valence-corrected chi connectivity index (χ2v) is 12.4. The summed E-state index contributed by atoms with van der Waals surface area (Å²) in [5.74, 6) is 1.83. The molecule has 0 saturated heterocycles. The molecule has 2 fully saturated rings. The fourth-order valence-corrected chi connectivity index (χ4v) is 7.11. The van der Waals surface area contributed by atoms with E-state index in [9.17, 15) is 13.6 Å². The van der Waals surface area contributed by atoms with Gasteiger partial charge < -0.3 is 14.3 Å². The fourth-order valence-electron chi connectivity index (χ4n) is 7.11. The van der Waals surface area contributed by atoms with E-state index < -0.39 is 11.6 Å². The molecule has 39 heavy (non-hydrogen) atoms. The zero-order valence-corrected chi connectivity index (χ0v) is 25.0. The van der Waals surface area contributed by atoms with Gasteiger partial charge in [0.15, 0.2) is 11.5 Å².